The Morgan fingerprint density at radius 3 is 2.56 bits per heavy atom. The minimum absolute atomic E-state index is 0.101. The number of aryl methyl sites for hydroxylation is 1. The standard InChI is InChI=1S/C19H22N4O2/c1-19(25,15-11-21-22(2)12-15)13-20-18(24)17-10-9-16(23(17)3)14-7-5-4-6-8-14/h4-12,25H,13H2,1-3H3,(H,20,24)/t19-/m1/s1. The normalized spacial score (nSPS) is 13.4. The molecule has 2 heterocycles. The molecule has 1 aromatic carbocycles. The van der Waals surface area contributed by atoms with Crippen LogP contribution in [0.25, 0.3) is 11.3 Å². The van der Waals surface area contributed by atoms with Crippen LogP contribution in [0.3, 0.4) is 0 Å². The van der Waals surface area contributed by atoms with Gasteiger partial charge in [-0.1, -0.05) is 30.3 Å². The molecule has 0 saturated heterocycles. The maximum absolute atomic E-state index is 12.5. The van der Waals surface area contributed by atoms with Crippen molar-refractivity contribution in [2.75, 3.05) is 6.54 Å². The van der Waals surface area contributed by atoms with Gasteiger partial charge in [0.05, 0.1) is 12.7 Å². The molecular formula is C19H22N4O2. The van der Waals surface area contributed by atoms with Gasteiger partial charge < -0.3 is 15.0 Å². The first-order chi connectivity index (χ1) is 11.9. The second-order valence-electron chi connectivity index (χ2n) is 6.39. The fourth-order valence-corrected chi connectivity index (χ4v) is 2.78. The second-order valence-corrected chi connectivity index (χ2v) is 6.39. The maximum atomic E-state index is 12.5. The first-order valence-electron chi connectivity index (χ1n) is 8.09. The van der Waals surface area contributed by atoms with E-state index >= 15 is 0 Å². The molecule has 0 fully saturated rings. The van der Waals surface area contributed by atoms with Gasteiger partial charge in [0.25, 0.3) is 5.91 Å². The van der Waals surface area contributed by atoms with Crippen LogP contribution in [-0.2, 0) is 19.7 Å². The van der Waals surface area contributed by atoms with Gasteiger partial charge in [0.1, 0.15) is 11.3 Å². The first kappa shape index (κ1) is 17.0. The van der Waals surface area contributed by atoms with E-state index in [4.69, 9.17) is 0 Å². The van der Waals surface area contributed by atoms with Crippen LogP contribution in [0, 0.1) is 0 Å². The van der Waals surface area contributed by atoms with Crippen molar-refractivity contribution in [2.45, 2.75) is 12.5 Å². The summed E-state index contributed by atoms with van der Waals surface area (Å²) in [5.41, 5.74) is 2.03. The van der Waals surface area contributed by atoms with Gasteiger partial charge in [-0.15, -0.1) is 0 Å². The number of aliphatic hydroxyl groups is 1. The van der Waals surface area contributed by atoms with Crippen molar-refractivity contribution in [2.24, 2.45) is 14.1 Å². The monoisotopic (exact) mass is 338 g/mol. The summed E-state index contributed by atoms with van der Waals surface area (Å²) in [5, 5.41) is 17.4. The van der Waals surface area contributed by atoms with Crippen molar-refractivity contribution in [1.82, 2.24) is 19.7 Å². The van der Waals surface area contributed by atoms with E-state index in [0.29, 0.717) is 11.3 Å². The third-order valence-electron chi connectivity index (χ3n) is 4.34. The highest BCUT2D eigenvalue weighted by molar-refractivity contribution is 5.93. The number of nitrogens with zero attached hydrogens (tertiary/aromatic N) is 3. The molecule has 0 aliphatic carbocycles. The maximum Gasteiger partial charge on any atom is 0.268 e. The molecule has 0 unspecified atom stereocenters. The van der Waals surface area contributed by atoms with Crippen LogP contribution in [0.4, 0.5) is 0 Å². The van der Waals surface area contributed by atoms with Crippen molar-refractivity contribution in [3.8, 4) is 11.3 Å². The van der Waals surface area contributed by atoms with Gasteiger partial charge in [0, 0.05) is 31.5 Å². The second kappa shape index (κ2) is 6.57. The average Bonchev–Trinajstić information content (AvgIpc) is 3.20. The highest BCUT2D eigenvalue weighted by Crippen LogP contribution is 2.22. The molecule has 0 spiro atoms. The Kier molecular flexibility index (Phi) is 4.46. The Bertz CT molecular complexity index is 878. The Morgan fingerprint density at radius 2 is 1.92 bits per heavy atom. The van der Waals surface area contributed by atoms with E-state index in [9.17, 15) is 9.90 Å². The lowest BCUT2D eigenvalue weighted by atomic mass is 10.00. The molecule has 0 bridgehead atoms. The van der Waals surface area contributed by atoms with Gasteiger partial charge >= 0.3 is 0 Å². The molecule has 2 N–H and O–H groups in total. The number of nitrogens with one attached hydrogen (secondary N) is 1. The van der Waals surface area contributed by atoms with Crippen LogP contribution in [-0.4, -0.2) is 31.9 Å². The van der Waals surface area contributed by atoms with Crippen molar-refractivity contribution >= 4 is 5.91 Å². The van der Waals surface area contributed by atoms with Gasteiger partial charge in [-0.3, -0.25) is 9.48 Å². The number of hydrogen-bond acceptors (Lipinski definition) is 3. The molecule has 6 nitrogen and oxygen atoms in total. The highest BCUT2D eigenvalue weighted by Gasteiger charge is 2.26. The van der Waals surface area contributed by atoms with Crippen LogP contribution >= 0.6 is 0 Å². The molecule has 0 saturated carbocycles. The zero-order valence-corrected chi connectivity index (χ0v) is 14.6. The largest absolute Gasteiger partial charge is 0.383 e. The predicted octanol–water partition coefficient (Wildman–Crippen LogP) is 2.06. The Labute approximate surface area is 146 Å². The molecule has 1 atom stereocenters. The minimum Gasteiger partial charge on any atom is -0.383 e. The SMILES string of the molecule is Cn1cc([C@](C)(O)CNC(=O)c2ccc(-c3ccccc3)n2C)cn1. The summed E-state index contributed by atoms with van der Waals surface area (Å²) >= 11 is 0. The van der Waals surface area contributed by atoms with E-state index in [-0.39, 0.29) is 12.5 Å². The van der Waals surface area contributed by atoms with Gasteiger partial charge in [-0.25, -0.2) is 0 Å². The molecule has 6 heteroatoms. The number of hydrogen-bond donors (Lipinski definition) is 2. The summed E-state index contributed by atoms with van der Waals surface area (Å²) in [6, 6.07) is 13.6. The quantitative estimate of drug-likeness (QED) is 0.748. The molecule has 25 heavy (non-hydrogen) atoms. The third kappa shape index (κ3) is 3.49. The Balaban J connectivity index is 1.73. The van der Waals surface area contributed by atoms with E-state index in [1.165, 1.54) is 0 Å². The van der Waals surface area contributed by atoms with Crippen LogP contribution in [0.2, 0.25) is 0 Å². The van der Waals surface area contributed by atoms with Crippen molar-refractivity contribution in [3.05, 3.63) is 66.1 Å². The van der Waals surface area contributed by atoms with Crippen LogP contribution in [0.5, 0.6) is 0 Å². The van der Waals surface area contributed by atoms with Crippen molar-refractivity contribution in [1.29, 1.82) is 0 Å². The smallest absolute Gasteiger partial charge is 0.268 e. The fraction of sp³-hybridized carbons (Fsp3) is 0.263. The highest BCUT2D eigenvalue weighted by atomic mass is 16.3. The van der Waals surface area contributed by atoms with Gasteiger partial charge in [0.2, 0.25) is 0 Å². The fourth-order valence-electron chi connectivity index (χ4n) is 2.78. The van der Waals surface area contributed by atoms with Gasteiger partial charge in [-0.05, 0) is 24.6 Å². The van der Waals surface area contributed by atoms with Crippen LogP contribution in [0.15, 0.2) is 54.9 Å². The summed E-state index contributed by atoms with van der Waals surface area (Å²) in [4.78, 5) is 12.5. The lowest BCUT2D eigenvalue weighted by Gasteiger charge is -2.22. The zero-order chi connectivity index (χ0) is 18.0. The lowest BCUT2D eigenvalue weighted by Crippen LogP contribution is -2.39. The van der Waals surface area contributed by atoms with E-state index < -0.39 is 5.60 Å². The summed E-state index contributed by atoms with van der Waals surface area (Å²) in [5.74, 6) is -0.228. The molecule has 0 aliphatic heterocycles. The zero-order valence-electron chi connectivity index (χ0n) is 14.6. The summed E-state index contributed by atoms with van der Waals surface area (Å²) in [6.45, 7) is 1.76. The molecule has 0 radical (unpaired) electrons. The Morgan fingerprint density at radius 1 is 1.20 bits per heavy atom. The molecule has 1 amide bonds. The molecule has 2 aromatic heterocycles. The molecule has 0 aliphatic rings. The number of aromatic nitrogens is 3. The van der Waals surface area contributed by atoms with Crippen molar-refractivity contribution in [3.63, 3.8) is 0 Å². The van der Waals surface area contributed by atoms with E-state index in [2.05, 4.69) is 10.4 Å². The van der Waals surface area contributed by atoms with E-state index in [1.54, 1.807) is 37.1 Å². The van der Waals surface area contributed by atoms with Crippen molar-refractivity contribution < 1.29 is 9.90 Å². The number of carbonyl (C=O) groups excluding carboxylic acids is 1. The summed E-state index contributed by atoms with van der Waals surface area (Å²) < 4.78 is 3.47. The molecule has 3 aromatic rings. The summed E-state index contributed by atoms with van der Waals surface area (Å²) in [7, 11) is 3.64. The number of benzene rings is 1. The van der Waals surface area contributed by atoms with E-state index in [0.717, 1.165) is 11.3 Å². The lowest BCUT2D eigenvalue weighted by molar-refractivity contribution is 0.0523. The number of amides is 1. The predicted molar refractivity (Wildman–Crippen MR) is 96.0 cm³/mol. The number of carbonyl (C=O) groups is 1. The average molecular weight is 338 g/mol. The van der Waals surface area contributed by atoms with E-state index in [1.807, 2.05) is 48.0 Å². The molecular weight excluding hydrogens is 316 g/mol. The van der Waals surface area contributed by atoms with Crippen LogP contribution < -0.4 is 5.32 Å². The number of rotatable bonds is 5. The molecule has 130 valence electrons. The van der Waals surface area contributed by atoms with Gasteiger partial charge in [-0.2, -0.15) is 5.10 Å². The topological polar surface area (TPSA) is 72.1 Å². The molecule has 3 rings (SSSR count). The Hall–Kier alpha value is -2.86. The van der Waals surface area contributed by atoms with Crippen LogP contribution in [0.1, 0.15) is 23.0 Å². The first-order valence-corrected chi connectivity index (χ1v) is 8.09. The van der Waals surface area contributed by atoms with Gasteiger partial charge in [0.15, 0.2) is 0 Å². The minimum atomic E-state index is -1.18. The summed E-state index contributed by atoms with van der Waals surface area (Å²) in [6.07, 6.45) is 3.34. The third-order valence-corrected chi connectivity index (χ3v) is 4.34.